The van der Waals surface area contributed by atoms with Crippen molar-refractivity contribution in [3.8, 4) is 5.88 Å². The number of Topliss-reactive ketones (excluding diaryl/α,β-unsaturated/α-hetero) is 1. The Morgan fingerprint density at radius 1 is 1.03 bits per heavy atom. The molecule has 1 amide bonds. The van der Waals surface area contributed by atoms with Crippen LogP contribution in [0.15, 0.2) is 60.3 Å². The van der Waals surface area contributed by atoms with Crippen molar-refractivity contribution in [2.45, 2.75) is 39.1 Å². The van der Waals surface area contributed by atoms with Gasteiger partial charge in [0.2, 0.25) is 5.88 Å². The maximum absolute atomic E-state index is 13.1. The summed E-state index contributed by atoms with van der Waals surface area (Å²) in [6.07, 6.45) is -3.90. The number of aromatic nitrogens is 3. The Balaban J connectivity index is 1.85. The first-order chi connectivity index (χ1) is 17.0. The van der Waals surface area contributed by atoms with E-state index in [1.54, 1.807) is 37.3 Å². The van der Waals surface area contributed by atoms with Crippen molar-refractivity contribution in [1.82, 2.24) is 15.2 Å². The number of anilines is 1. The number of hydrogen-bond acceptors (Lipinski definition) is 7. The lowest BCUT2D eigenvalue weighted by Gasteiger charge is -2.24. The van der Waals surface area contributed by atoms with Crippen LogP contribution in [0, 0.1) is 6.92 Å². The van der Waals surface area contributed by atoms with Crippen molar-refractivity contribution >= 4 is 23.3 Å². The summed E-state index contributed by atoms with van der Waals surface area (Å²) in [5, 5.41) is 19.1. The number of ketones is 1. The van der Waals surface area contributed by atoms with Gasteiger partial charge >= 0.3 is 12.3 Å². The van der Waals surface area contributed by atoms with Crippen LogP contribution < -0.4 is 9.64 Å². The van der Waals surface area contributed by atoms with Gasteiger partial charge in [-0.1, -0.05) is 38.1 Å². The van der Waals surface area contributed by atoms with Crippen LogP contribution in [0.2, 0.25) is 0 Å². The Morgan fingerprint density at radius 3 is 2.25 bits per heavy atom. The van der Waals surface area contributed by atoms with Gasteiger partial charge < -0.3 is 9.84 Å². The summed E-state index contributed by atoms with van der Waals surface area (Å²) in [7, 11) is 0. The fourth-order valence-electron chi connectivity index (χ4n) is 3.82. The summed E-state index contributed by atoms with van der Waals surface area (Å²) in [4.78, 5) is 30.9. The minimum atomic E-state index is -4.94. The number of hydrogen-bond donors (Lipinski definition) is 1. The summed E-state index contributed by atoms with van der Waals surface area (Å²) >= 11 is 0. The number of rotatable bonds is 5. The van der Waals surface area contributed by atoms with E-state index in [2.05, 4.69) is 19.9 Å². The Morgan fingerprint density at radius 2 is 1.72 bits per heavy atom. The predicted octanol–water partition coefficient (Wildman–Crippen LogP) is 4.83. The zero-order valence-electron chi connectivity index (χ0n) is 19.4. The monoisotopic (exact) mass is 498 g/mol. The van der Waals surface area contributed by atoms with Crippen molar-refractivity contribution < 1.29 is 32.6 Å². The van der Waals surface area contributed by atoms with Gasteiger partial charge in [-0.05, 0) is 42.2 Å². The van der Waals surface area contributed by atoms with Crippen molar-refractivity contribution in [2.24, 2.45) is 0 Å². The minimum absolute atomic E-state index is 0.0255. The lowest BCUT2D eigenvalue weighted by Crippen LogP contribution is -2.30. The standard InChI is InChI=1S/C25H21F3N4O4/c1-13(2)15-5-7-16(8-6-15)22(33)20-21(17-9-11-19(29-12-17)36-25(26,27)28)32(24(35)23(20)34)18-10-4-14(3)30-31-18/h4-13,21,33H,1-3H3. The third-order valence-electron chi connectivity index (χ3n) is 5.62. The molecule has 36 heavy (non-hydrogen) atoms. The Bertz CT molecular complexity index is 1320. The molecular formula is C25H21F3N4O4. The van der Waals surface area contributed by atoms with Gasteiger partial charge in [-0.2, -0.15) is 5.10 Å². The fourth-order valence-corrected chi connectivity index (χ4v) is 3.82. The number of pyridine rings is 1. The van der Waals surface area contributed by atoms with E-state index in [9.17, 15) is 27.9 Å². The number of benzene rings is 1. The lowest BCUT2D eigenvalue weighted by atomic mass is 9.95. The number of carbonyl (C=O) groups is 2. The molecule has 3 aromatic rings. The number of aliphatic hydroxyl groups is 1. The lowest BCUT2D eigenvalue weighted by molar-refractivity contribution is -0.276. The number of halogens is 3. The number of alkyl halides is 3. The van der Waals surface area contributed by atoms with Crippen molar-refractivity contribution in [3.05, 3.63) is 82.7 Å². The highest BCUT2D eigenvalue weighted by Crippen LogP contribution is 2.41. The van der Waals surface area contributed by atoms with Crippen molar-refractivity contribution in [3.63, 3.8) is 0 Å². The predicted molar refractivity (Wildman–Crippen MR) is 123 cm³/mol. The fraction of sp³-hybridized carbons (Fsp3) is 0.240. The number of ether oxygens (including phenoxy) is 1. The summed E-state index contributed by atoms with van der Waals surface area (Å²) < 4.78 is 41.6. The molecule has 0 bridgehead atoms. The van der Waals surface area contributed by atoms with Gasteiger partial charge in [0, 0.05) is 17.8 Å². The quantitative estimate of drug-likeness (QED) is 0.305. The molecule has 8 nitrogen and oxygen atoms in total. The number of aryl methyl sites for hydroxylation is 1. The Kier molecular flexibility index (Phi) is 6.49. The third-order valence-corrected chi connectivity index (χ3v) is 5.62. The first-order valence-electron chi connectivity index (χ1n) is 10.9. The molecule has 0 spiro atoms. The summed E-state index contributed by atoms with van der Waals surface area (Å²) in [5.74, 6) is -2.86. The van der Waals surface area contributed by atoms with Gasteiger partial charge in [0.25, 0.3) is 5.78 Å². The molecule has 4 rings (SSSR count). The van der Waals surface area contributed by atoms with E-state index < -0.39 is 35.7 Å². The maximum Gasteiger partial charge on any atom is 0.574 e. The molecule has 1 aromatic carbocycles. The highest BCUT2D eigenvalue weighted by Gasteiger charge is 2.48. The van der Waals surface area contributed by atoms with E-state index >= 15 is 0 Å². The molecule has 1 aliphatic heterocycles. The molecule has 11 heteroatoms. The number of carbonyl (C=O) groups excluding carboxylic acids is 2. The maximum atomic E-state index is 13.1. The molecule has 1 atom stereocenters. The molecule has 0 saturated carbocycles. The van der Waals surface area contributed by atoms with Crippen LogP contribution in [0.3, 0.4) is 0 Å². The number of amides is 1. The van der Waals surface area contributed by atoms with Crippen LogP contribution in [0.4, 0.5) is 19.0 Å². The first kappa shape index (κ1) is 24.8. The summed E-state index contributed by atoms with van der Waals surface area (Å²) in [6.45, 7) is 5.69. The second-order valence-corrected chi connectivity index (χ2v) is 8.46. The van der Waals surface area contributed by atoms with Gasteiger partial charge in [0.05, 0.1) is 17.3 Å². The van der Waals surface area contributed by atoms with E-state index in [1.807, 2.05) is 13.8 Å². The van der Waals surface area contributed by atoms with Crippen molar-refractivity contribution in [1.29, 1.82) is 0 Å². The highest BCUT2D eigenvalue weighted by molar-refractivity contribution is 6.51. The normalized spacial score (nSPS) is 17.6. The Hall–Kier alpha value is -4.28. The van der Waals surface area contributed by atoms with Gasteiger partial charge in [-0.25, -0.2) is 4.98 Å². The topological polar surface area (TPSA) is 106 Å². The van der Waals surface area contributed by atoms with Gasteiger partial charge in [-0.3, -0.25) is 14.5 Å². The second-order valence-electron chi connectivity index (χ2n) is 8.46. The molecular weight excluding hydrogens is 477 g/mol. The Labute approximate surface area is 204 Å². The van der Waals surface area contributed by atoms with Crippen molar-refractivity contribution in [2.75, 3.05) is 4.90 Å². The highest BCUT2D eigenvalue weighted by atomic mass is 19.4. The third kappa shape index (κ3) is 4.90. The van der Waals surface area contributed by atoms with Crippen LogP contribution in [0.5, 0.6) is 5.88 Å². The molecule has 1 unspecified atom stereocenters. The van der Waals surface area contributed by atoms with E-state index in [-0.39, 0.29) is 22.9 Å². The molecule has 0 radical (unpaired) electrons. The van der Waals surface area contributed by atoms with Gasteiger partial charge in [0.1, 0.15) is 5.76 Å². The molecule has 1 saturated heterocycles. The van der Waals surface area contributed by atoms with E-state index in [0.717, 1.165) is 22.7 Å². The molecule has 2 aromatic heterocycles. The zero-order valence-corrected chi connectivity index (χ0v) is 19.4. The summed E-state index contributed by atoms with van der Waals surface area (Å²) in [6, 6.07) is 10.9. The van der Waals surface area contributed by atoms with Gasteiger partial charge in [-0.15, -0.1) is 18.3 Å². The van der Waals surface area contributed by atoms with Gasteiger partial charge in [0.15, 0.2) is 5.82 Å². The van der Waals surface area contributed by atoms with Crippen LogP contribution in [0.25, 0.3) is 5.76 Å². The van der Waals surface area contributed by atoms with Crippen LogP contribution in [-0.4, -0.2) is 38.3 Å². The van der Waals surface area contributed by atoms with E-state index in [4.69, 9.17) is 0 Å². The number of aliphatic hydroxyl groups excluding tert-OH is 1. The zero-order chi connectivity index (χ0) is 26.2. The summed E-state index contributed by atoms with van der Waals surface area (Å²) in [5.41, 5.74) is 1.76. The molecule has 0 aliphatic carbocycles. The SMILES string of the molecule is Cc1ccc(N2C(=O)C(=O)C(=C(O)c3ccc(C(C)C)cc3)C2c2ccc(OC(F)(F)F)nc2)nn1. The minimum Gasteiger partial charge on any atom is -0.507 e. The van der Waals surface area contributed by atoms with Crippen LogP contribution in [0.1, 0.15) is 48.2 Å². The largest absolute Gasteiger partial charge is 0.574 e. The molecule has 1 N–H and O–H groups in total. The number of nitrogens with zero attached hydrogens (tertiary/aromatic N) is 4. The van der Waals surface area contributed by atoms with Crippen LogP contribution in [-0.2, 0) is 9.59 Å². The molecule has 186 valence electrons. The molecule has 3 heterocycles. The molecule has 1 aliphatic rings. The average molecular weight is 498 g/mol. The average Bonchev–Trinajstić information content (AvgIpc) is 3.09. The first-order valence-corrected chi connectivity index (χ1v) is 10.9. The second kappa shape index (κ2) is 9.40. The van der Waals surface area contributed by atoms with Crippen LogP contribution >= 0.6 is 0 Å². The smallest absolute Gasteiger partial charge is 0.507 e. The van der Waals surface area contributed by atoms with E-state index in [1.165, 1.54) is 12.1 Å². The van der Waals surface area contributed by atoms with E-state index in [0.29, 0.717) is 11.3 Å². The molecule has 1 fully saturated rings.